The first-order valence-electron chi connectivity index (χ1n) is 13.8. The molecular weight excluding hydrogens is 557 g/mol. The van der Waals surface area contributed by atoms with Gasteiger partial charge >= 0.3 is 5.69 Å². The van der Waals surface area contributed by atoms with Gasteiger partial charge in [-0.15, -0.1) is 0 Å². The summed E-state index contributed by atoms with van der Waals surface area (Å²) in [5.74, 6) is -0.364. The second-order valence-corrected chi connectivity index (χ2v) is 11.4. The molecule has 0 radical (unpaired) electrons. The lowest BCUT2D eigenvalue weighted by Crippen LogP contribution is -2.58. The van der Waals surface area contributed by atoms with Crippen molar-refractivity contribution in [3.05, 3.63) is 81.8 Å². The number of halogens is 2. The average Bonchev–Trinajstić information content (AvgIpc) is 2.95. The van der Waals surface area contributed by atoms with Crippen molar-refractivity contribution in [2.24, 2.45) is 0 Å². The number of carbonyl (C=O) groups is 1. The summed E-state index contributed by atoms with van der Waals surface area (Å²) >= 11 is 6.82. The molecule has 4 aromatic rings. The molecular formula is C31H33ClFN7O2. The fraction of sp³-hybridized carbons (Fsp3) is 0.323. The molecule has 218 valence electrons. The predicted molar refractivity (Wildman–Crippen MR) is 165 cm³/mol. The molecule has 5 rings (SSSR count). The first-order chi connectivity index (χ1) is 19.9. The van der Waals surface area contributed by atoms with Gasteiger partial charge in [0, 0.05) is 36.9 Å². The summed E-state index contributed by atoms with van der Waals surface area (Å²) in [7, 11) is 0. The summed E-state index contributed by atoms with van der Waals surface area (Å²) < 4.78 is 16.0. The second kappa shape index (κ2) is 11.2. The standard InChI is InChI=1S/C31H33ClFN7O2/c1-7-24(41)38-14-19(6)39(15-18(38)5)29-21-13-22(32)27(20-9-8-10-23(33)25(20)34)36-30(21)40(31(42)37-29)28-17(4)11-12-35-26(28)16(2)3/h7-13,16,18-19H,1,14-15,34H2,2-6H3. The molecule has 1 aliphatic heterocycles. The highest BCUT2D eigenvalue weighted by Crippen LogP contribution is 2.38. The summed E-state index contributed by atoms with van der Waals surface area (Å²) in [6.07, 6.45) is 3.01. The largest absolute Gasteiger partial charge is 0.396 e. The van der Waals surface area contributed by atoms with Crippen LogP contribution in [-0.4, -0.2) is 55.5 Å². The van der Waals surface area contributed by atoms with Crippen molar-refractivity contribution in [2.45, 2.75) is 52.6 Å². The minimum atomic E-state index is -0.599. The number of hydrogen-bond acceptors (Lipinski definition) is 7. The van der Waals surface area contributed by atoms with Crippen LogP contribution in [0, 0.1) is 12.7 Å². The van der Waals surface area contributed by atoms with Crippen molar-refractivity contribution in [3.8, 4) is 16.9 Å². The van der Waals surface area contributed by atoms with Gasteiger partial charge in [0.05, 0.1) is 33.2 Å². The van der Waals surface area contributed by atoms with Gasteiger partial charge < -0.3 is 15.5 Å². The number of para-hydroxylation sites is 1. The molecule has 4 heterocycles. The van der Waals surface area contributed by atoms with Crippen LogP contribution in [0.5, 0.6) is 0 Å². The van der Waals surface area contributed by atoms with Crippen LogP contribution < -0.4 is 16.3 Å². The van der Waals surface area contributed by atoms with E-state index in [0.29, 0.717) is 41.2 Å². The van der Waals surface area contributed by atoms with Gasteiger partial charge in [0.2, 0.25) is 5.91 Å². The van der Waals surface area contributed by atoms with E-state index in [1.807, 2.05) is 45.6 Å². The predicted octanol–water partition coefficient (Wildman–Crippen LogP) is 5.26. The molecule has 1 aromatic carbocycles. The molecule has 1 fully saturated rings. The van der Waals surface area contributed by atoms with E-state index in [2.05, 4.69) is 16.5 Å². The number of anilines is 2. The van der Waals surface area contributed by atoms with Crippen molar-refractivity contribution in [1.29, 1.82) is 0 Å². The van der Waals surface area contributed by atoms with E-state index in [-0.39, 0.29) is 46.0 Å². The van der Waals surface area contributed by atoms with Crippen LogP contribution in [0.3, 0.4) is 0 Å². The number of rotatable bonds is 5. The number of aromatic nitrogens is 4. The van der Waals surface area contributed by atoms with Crippen LogP contribution in [0.2, 0.25) is 5.02 Å². The minimum absolute atomic E-state index is 0.0106. The number of nitrogens with zero attached hydrogens (tertiary/aromatic N) is 6. The van der Waals surface area contributed by atoms with Gasteiger partial charge in [-0.2, -0.15) is 4.98 Å². The van der Waals surface area contributed by atoms with Crippen molar-refractivity contribution in [3.63, 3.8) is 0 Å². The number of nitrogen functional groups attached to an aromatic ring is 1. The lowest BCUT2D eigenvalue weighted by atomic mass is 10.0. The molecule has 2 N–H and O–H groups in total. The maximum Gasteiger partial charge on any atom is 0.355 e. The van der Waals surface area contributed by atoms with Gasteiger partial charge in [-0.25, -0.2) is 18.7 Å². The van der Waals surface area contributed by atoms with Crippen LogP contribution >= 0.6 is 11.6 Å². The Morgan fingerprint density at radius 1 is 1.19 bits per heavy atom. The van der Waals surface area contributed by atoms with Gasteiger partial charge in [0.1, 0.15) is 11.6 Å². The van der Waals surface area contributed by atoms with E-state index >= 15 is 0 Å². The summed E-state index contributed by atoms with van der Waals surface area (Å²) in [5.41, 5.74) is 8.40. The smallest absolute Gasteiger partial charge is 0.355 e. The molecule has 2 unspecified atom stereocenters. The van der Waals surface area contributed by atoms with Crippen molar-refractivity contribution in [1.82, 2.24) is 24.4 Å². The number of benzene rings is 1. The molecule has 3 aromatic heterocycles. The Balaban J connectivity index is 1.84. The van der Waals surface area contributed by atoms with Crippen LogP contribution in [0.1, 0.15) is 44.9 Å². The van der Waals surface area contributed by atoms with Gasteiger partial charge in [0.15, 0.2) is 5.65 Å². The molecule has 42 heavy (non-hydrogen) atoms. The fourth-order valence-corrected chi connectivity index (χ4v) is 5.84. The fourth-order valence-electron chi connectivity index (χ4n) is 5.59. The topological polar surface area (TPSA) is 110 Å². The summed E-state index contributed by atoms with van der Waals surface area (Å²) in [4.78, 5) is 44.3. The Labute approximate surface area is 248 Å². The quantitative estimate of drug-likeness (QED) is 0.250. The van der Waals surface area contributed by atoms with E-state index in [1.165, 1.54) is 22.8 Å². The summed E-state index contributed by atoms with van der Waals surface area (Å²) in [6.45, 7) is 14.3. The van der Waals surface area contributed by atoms with Gasteiger partial charge in [-0.05, 0) is 56.5 Å². The normalized spacial score (nSPS) is 17.2. The highest BCUT2D eigenvalue weighted by Gasteiger charge is 2.34. The number of hydrogen-bond donors (Lipinski definition) is 1. The Kier molecular flexibility index (Phi) is 7.76. The zero-order valence-electron chi connectivity index (χ0n) is 24.2. The molecule has 1 saturated heterocycles. The van der Waals surface area contributed by atoms with Crippen molar-refractivity contribution >= 4 is 40.0 Å². The number of pyridine rings is 2. The van der Waals surface area contributed by atoms with Gasteiger partial charge in [0.25, 0.3) is 0 Å². The van der Waals surface area contributed by atoms with E-state index < -0.39 is 11.5 Å². The highest BCUT2D eigenvalue weighted by molar-refractivity contribution is 6.34. The zero-order valence-corrected chi connectivity index (χ0v) is 25.0. The molecule has 1 aliphatic rings. The summed E-state index contributed by atoms with van der Waals surface area (Å²) in [6, 6.07) is 7.60. The van der Waals surface area contributed by atoms with Crippen LogP contribution in [-0.2, 0) is 4.79 Å². The maximum atomic E-state index is 14.5. The lowest BCUT2D eigenvalue weighted by Gasteiger charge is -2.44. The molecule has 0 bridgehead atoms. The Hall–Kier alpha value is -4.31. The third-order valence-electron chi connectivity index (χ3n) is 7.75. The highest BCUT2D eigenvalue weighted by atomic mass is 35.5. The van der Waals surface area contributed by atoms with Crippen LogP contribution in [0.15, 0.2) is 54.0 Å². The Morgan fingerprint density at radius 2 is 1.93 bits per heavy atom. The average molecular weight is 590 g/mol. The first-order valence-corrected chi connectivity index (χ1v) is 14.2. The maximum absolute atomic E-state index is 14.5. The van der Waals surface area contributed by atoms with E-state index in [9.17, 15) is 14.0 Å². The molecule has 2 atom stereocenters. The molecule has 0 aliphatic carbocycles. The first kappa shape index (κ1) is 29.2. The SMILES string of the molecule is C=CC(=O)N1CC(C)N(c2nc(=O)n(-c3c(C)ccnc3C(C)C)c3nc(-c4cccc(F)c4N)c(Cl)cc23)CC1C. The zero-order chi connectivity index (χ0) is 30.5. The number of nitrogens with two attached hydrogens (primary N) is 1. The van der Waals surface area contributed by atoms with Crippen molar-refractivity contribution in [2.75, 3.05) is 23.7 Å². The number of aryl methyl sites for hydroxylation is 1. The molecule has 1 amide bonds. The molecule has 9 nitrogen and oxygen atoms in total. The number of carbonyl (C=O) groups excluding carboxylic acids is 1. The lowest BCUT2D eigenvalue weighted by molar-refractivity contribution is -0.128. The van der Waals surface area contributed by atoms with Gasteiger partial charge in [-0.3, -0.25) is 9.78 Å². The minimum Gasteiger partial charge on any atom is -0.396 e. The second-order valence-electron chi connectivity index (χ2n) is 11.0. The number of fused-ring (bicyclic) bond motifs is 1. The van der Waals surface area contributed by atoms with Crippen LogP contribution in [0.25, 0.3) is 28.0 Å². The van der Waals surface area contributed by atoms with Crippen molar-refractivity contribution < 1.29 is 9.18 Å². The van der Waals surface area contributed by atoms with Crippen LogP contribution in [0.4, 0.5) is 15.9 Å². The number of piperazine rings is 1. The van der Waals surface area contributed by atoms with Gasteiger partial charge in [-0.1, -0.05) is 44.2 Å². The van der Waals surface area contributed by atoms with E-state index in [4.69, 9.17) is 22.3 Å². The van der Waals surface area contributed by atoms with E-state index in [1.54, 1.807) is 23.2 Å². The third-order valence-corrected chi connectivity index (χ3v) is 8.04. The molecule has 11 heteroatoms. The Bertz CT molecular complexity index is 1790. The summed E-state index contributed by atoms with van der Waals surface area (Å²) in [5, 5.41) is 0.750. The monoisotopic (exact) mass is 589 g/mol. The number of amides is 1. The Morgan fingerprint density at radius 3 is 2.62 bits per heavy atom. The van der Waals surface area contributed by atoms with E-state index in [0.717, 1.165) is 5.56 Å². The third kappa shape index (κ3) is 4.89. The molecule has 0 spiro atoms. The molecule has 0 saturated carbocycles.